The molecule has 0 unspecified atom stereocenters. The van der Waals surface area contributed by atoms with Crippen LogP contribution in [0.5, 0.6) is 0 Å². The van der Waals surface area contributed by atoms with Crippen LogP contribution in [-0.2, 0) is 12.7 Å². The molecule has 1 aromatic carbocycles. The summed E-state index contributed by atoms with van der Waals surface area (Å²) < 4.78 is 42.3. The average Bonchev–Trinajstić information content (AvgIpc) is 3.21. The summed E-state index contributed by atoms with van der Waals surface area (Å²) in [6.07, 6.45) is -0.328. The quantitative estimate of drug-likeness (QED) is 0.606. The molecule has 31 heavy (non-hydrogen) atoms. The molecule has 0 bridgehead atoms. The summed E-state index contributed by atoms with van der Waals surface area (Å²) >= 11 is 5.83. The molecule has 0 saturated carbocycles. The van der Waals surface area contributed by atoms with Crippen molar-refractivity contribution >= 4 is 17.5 Å². The van der Waals surface area contributed by atoms with Gasteiger partial charge in [0.1, 0.15) is 0 Å². The van der Waals surface area contributed by atoms with Crippen LogP contribution >= 0.6 is 11.6 Å². The second-order valence-electron chi connectivity index (χ2n) is 7.22. The number of hydrogen-bond donors (Lipinski definition) is 0. The number of amides is 1. The Hall–Kier alpha value is -2.91. The first kappa shape index (κ1) is 21.3. The Morgan fingerprint density at radius 2 is 1.65 bits per heavy atom. The lowest BCUT2D eigenvalue weighted by Crippen LogP contribution is -2.48. The Morgan fingerprint density at radius 3 is 2.26 bits per heavy atom. The summed E-state index contributed by atoms with van der Waals surface area (Å²) in [5.74, 6) is -0.670. The monoisotopic (exact) mass is 449 g/mol. The molecule has 1 aliphatic heterocycles. The minimum Gasteiger partial charge on any atom is -0.336 e. The SMILES string of the molecule is O=C(c1cnn(-c2ccc(Cl)cc2)c1C(F)(F)F)N1CCN(Cc2ccncc2)CC1. The standard InChI is InChI=1S/C21H19ClF3N5O/c22-16-1-3-17(4-2-16)30-19(21(23,24)25)18(13-27-30)20(31)29-11-9-28(10-12-29)14-15-5-7-26-8-6-15/h1-8,13H,9-12,14H2. The van der Waals surface area contributed by atoms with E-state index in [0.717, 1.165) is 16.4 Å². The van der Waals surface area contributed by atoms with Gasteiger partial charge in [-0.1, -0.05) is 11.6 Å². The van der Waals surface area contributed by atoms with Gasteiger partial charge in [-0.3, -0.25) is 14.7 Å². The first-order chi connectivity index (χ1) is 14.8. The third kappa shape index (κ3) is 4.72. The number of carbonyl (C=O) groups is 1. The first-order valence-electron chi connectivity index (χ1n) is 9.64. The lowest BCUT2D eigenvalue weighted by atomic mass is 10.1. The van der Waals surface area contributed by atoms with Crippen LogP contribution in [0, 0.1) is 0 Å². The van der Waals surface area contributed by atoms with Crippen molar-refractivity contribution in [2.75, 3.05) is 26.2 Å². The van der Waals surface area contributed by atoms with E-state index < -0.39 is 23.3 Å². The van der Waals surface area contributed by atoms with Crippen molar-refractivity contribution in [2.45, 2.75) is 12.7 Å². The van der Waals surface area contributed by atoms with Gasteiger partial charge in [0, 0.05) is 50.1 Å². The molecule has 6 nitrogen and oxygen atoms in total. The molecule has 1 fully saturated rings. The summed E-state index contributed by atoms with van der Waals surface area (Å²) in [5, 5.41) is 4.25. The van der Waals surface area contributed by atoms with E-state index in [1.807, 2.05) is 12.1 Å². The lowest BCUT2D eigenvalue weighted by Gasteiger charge is -2.34. The van der Waals surface area contributed by atoms with Gasteiger partial charge in [0.05, 0.1) is 17.4 Å². The summed E-state index contributed by atoms with van der Waals surface area (Å²) in [4.78, 5) is 20.5. The number of hydrogen-bond acceptors (Lipinski definition) is 4. The van der Waals surface area contributed by atoms with Crippen LogP contribution in [0.25, 0.3) is 5.69 Å². The molecule has 1 aliphatic rings. The minimum absolute atomic E-state index is 0.179. The fraction of sp³-hybridized carbons (Fsp3) is 0.286. The molecule has 162 valence electrons. The number of benzene rings is 1. The van der Waals surface area contributed by atoms with Gasteiger partial charge in [0.25, 0.3) is 5.91 Å². The number of aromatic nitrogens is 3. The van der Waals surface area contributed by atoms with Crippen LogP contribution in [0.3, 0.4) is 0 Å². The number of pyridine rings is 1. The van der Waals surface area contributed by atoms with Crippen molar-refractivity contribution in [3.8, 4) is 5.69 Å². The average molecular weight is 450 g/mol. The van der Waals surface area contributed by atoms with E-state index in [4.69, 9.17) is 11.6 Å². The molecular weight excluding hydrogens is 431 g/mol. The fourth-order valence-corrected chi connectivity index (χ4v) is 3.71. The van der Waals surface area contributed by atoms with E-state index in [0.29, 0.717) is 37.7 Å². The van der Waals surface area contributed by atoms with Gasteiger partial charge in [-0.2, -0.15) is 18.3 Å². The Bertz CT molecular complexity index is 1050. The number of rotatable bonds is 4. The molecule has 0 atom stereocenters. The minimum atomic E-state index is -4.75. The van der Waals surface area contributed by atoms with Gasteiger partial charge in [-0.25, -0.2) is 4.68 Å². The van der Waals surface area contributed by atoms with E-state index in [1.165, 1.54) is 29.2 Å². The van der Waals surface area contributed by atoms with Gasteiger partial charge in [0.2, 0.25) is 0 Å². The third-order valence-corrected chi connectivity index (χ3v) is 5.41. The molecule has 0 spiro atoms. The highest BCUT2D eigenvalue weighted by molar-refractivity contribution is 6.30. The van der Waals surface area contributed by atoms with Gasteiger partial charge >= 0.3 is 6.18 Å². The van der Waals surface area contributed by atoms with E-state index in [-0.39, 0.29) is 5.69 Å². The fourth-order valence-electron chi connectivity index (χ4n) is 3.58. The maximum atomic E-state index is 13.9. The van der Waals surface area contributed by atoms with Gasteiger partial charge in [-0.05, 0) is 42.0 Å². The maximum Gasteiger partial charge on any atom is 0.434 e. The normalized spacial score (nSPS) is 15.3. The lowest BCUT2D eigenvalue weighted by molar-refractivity contribution is -0.143. The maximum absolute atomic E-state index is 13.9. The second-order valence-corrected chi connectivity index (χ2v) is 7.65. The van der Waals surface area contributed by atoms with E-state index in [2.05, 4.69) is 15.0 Å². The molecule has 3 heterocycles. The molecule has 4 rings (SSSR count). The van der Waals surface area contributed by atoms with Gasteiger partial charge in [0.15, 0.2) is 5.69 Å². The van der Waals surface area contributed by atoms with Gasteiger partial charge in [-0.15, -0.1) is 0 Å². The summed E-state index contributed by atoms with van der Waals surface area (Å²) in [6.45, 7) is 2.52. The molecule has 10 heteroatoms. The highest BCUT2D eigenvalue weighted by atomic mass is 35.5. The van der Waals surface area contributed by atoms with E-state index in [9.17, 15) is 18.0 Å². The number of piperazine rings is 1. The zero-order valence-corrected chi connectivity index (χ0v) is 17.1. The zero-order valence-electron chi connectivity index (χ0n) is 16.4. The molecule has 3 aromatic rings. The van der Waals surface area contributed by atoms with Crippen molar-refractivity contribution in [2.24, 2.45) is 0 Å². The Labute approximate surface area is 181 Å². The molecule has 1 amide bonds. The Morgan fingerprint density at radius 1 is 1.00 bits per heavy atom. The molecule has 1 saturated heterocycles. The van der Waals surface area contributed by atoms with Crippen molar-refractivity contribution in [1.82, 2.24) is 24.6 Å². The summed E-state index contributed by atoms with van der Waals surface area (Å²) in [6, 6.07) is 9.63. The third-order valence-electron chi connectivity index (χ3n) is 5.15. The van der Waals surface area contributed by atoms with Crippen LogP contribution < -0.4 is 0 Å². The second kappa shape index (κ2) is 8.68. The molecule has 0 N–H and O–H groups in total. The number of halogens is 4. The smallest absolute Gasteiger partial charge is 0.336 e. The van der Waals surface area contributed by atoms with Crippen molar-refractivity contribution in [3.05, 3.63) is 76.8 Å². The number of alkyl halides is 3. The first-order valence-corrected chi connectivity index (χ1v) is 10.0. The predicted molar refractivity (Wildman–Crippen MR) is 109 cm³/mol. The largest absolute Gasteiger partial charge is 0.434 e. The topological polar surface area (TPSA) is 54.3 Å². The molecule has 2 aromatic heterocycles. The van der Waals surface area contributed by atoms with Crippen LogP contribution in [0.1, 0.15) is 21.6 Å². The summed E-state index contributed by atoms with van der Waals surface area (Å²) in [7, 11) is 0. The van der Waals surface area contributed by atoms with Crippen LogP contribution in [-0.4, -0.2) is 56.7 Å². The molecule has 0 aliphatic carbocycles. The van der Waals surface area contributed by atoms with E-state index >= 15 is 0 Å². The number of nitrogens with zero attached hydrogens (tertiary/aromatic N) is 5. The summed E-state index contributed by atoms with van der Waals surface area (Å²) in [5.41, 5.74) is -0.264. The van der Waals surface area contributed by atoms with Crippen molar-refractivity contribution < 1.29 is 18.0 Å². The predicted octanol–water partition coefficient (Wildman–Crippen LogP) is 3.90. The van der Waals surface area contributed by atoms with Gasteiger partial charge < -0.3 is 4.90 Å². The zero-order chi connectivity index (χ0) is 22.0. The highest BCUT2D eigenvalue weighted by Crippen LogP contribution is 2.34. The van der Waals surface area contributed by atoms with Crippen LogP contribution in [0.15, 0.2) is 55.0 Å². The van der Waals surface area contributed by atoms with E-state index in [1.54, 1.807) is 12.4 Å². The molecule has 0 radical (unpaired) electrons. The molecular formula is C21H19ClF3N5O. The van der Waals surface area contributed by atoms with Crippen molar-refractivity contribution in [3.63, 3.8) is 0 Å². The van der Waals surface area contributed by atoms with Crippen LogP contribution in [0.4, 0.5) is 13.2 Å². The Kier molecular flexibility index (Phi) is 5.97. The highest BCUT2D eigenvalue weighted by Gasteiger charge is 2.41. The van der Waals surface area contributed by atoms with Crippen molar-refractivity contribution in [1.29, 1.82) is 0 Å². The number of carbonyl (C=O) groups excluding carboxylic acids is 1. The Balaban J connectivity index is 1.52. The van der Waals surface area contributed by atoms with Crippen LogP contribution in [0.2, 0.25) is 5.02 Å².